The van der Waals surface area contributed by atoms with E-state index in [1.165, 1.54) is 11.1 Å². The van der Waals surface area contributed by atoms with Crippen molar-refractivity contribution >= 4 is 5.78 Å². The van der Waals surface area contributed by atoms with Gasteiger partial charge in [0.05, 0.1) is 6.04 Å². The Balaban J connectivity index is 0.00000112. The largest absolute Gasteiger partial charge is 0.303 e. The molecule has 0 aromatic carbocycles. The minimum Gasteiger partial charge on any atom is -0.303 e. The van der Waals surface area contributed by atoms with Crippen LogP contribution in [0.25, 0.3) is 0 Å². The van der Waals surface area contributed by atoms with Crippen molar-refractivity contribution in [2.24, 2.45) is 0 Å². The van der Waals surface area contributed by atoms with Crippen LogP contribution in [-0.2, 0) is 4.79 Å². The van der Waals surface area contributed by atoms with Gasteiger partial charge in [0.2, 0.25) is 0 Å². The number of Topliss-reactive ketones (excluding diaryl/α,β-unsaturated/α-hetero) is 1. The maximum atomic E-state index is 11.2. The Hall–Kier alpha value is -1.15. The minimum absolute atomic E-state index is 0. The fraction of sp³-hybridized carbons (Fsp3) is 0.417. The smallest absolute Gasteiger partial charge is 0.147 e. The molecule has 1 atom stereocenters. The van der Waals surface area contributed by atoms with E-state index >= 15 is 0 Å². The first kappa shape index (κ1) is 9.41. The summed E-state index contributed by atoms with van der Waals surface area (Å²) in [4.78, 5) is 11.2. The van der Waals surface area contributed by atoms with Gasteiger partial charge in [-0.2, -0.15) is 0 Å². The van der Waals surface area contributed by atoms with Gasteiger partial charge in [-0.3, -0.25) is 4.79 Å². The monoisotopic (exact) mass is 191 g/mol. The molecule has 14 heavy (non-hydrogen) atoms. The number of allylic oxidation sites excluding steroid dienone is 3. The van der Waals surface area contributed by atoms with Crippen LogP contribution in [0.2, 0.25) is 0 Å². The highest BCUT2D eigenvalue weighted by atomic mass is 16.1. The Kier molecular flexibility index (Phi) is 2.64. The van der Waals surface area contributed by atoms with E-state index in [-0.39, 0.29) is 13.3 Å². The molecular formula is C12H17NO. The Bertz CT molecular complexity index is 342. The molecule has 0 aromatic rings. The zero-order valence-corrected chi connectivity index (χ0v) is 8.42. The number of carbonyl (C=O) groups excluding carboxylic acids is 1. The predicted octanol–water partition coefficient (Wildman–Crippen LogP) is 2.00. The normalized spacial score (nSPS) is 25.9. The number of carbonyl (C=O) groups is 1. The second-order valence-electron chi connectivity index (χ2n) is 3.84. The van der Waals surface area contributed by atoms with Crippen LogP contribution >= 0.6 is 0 Å². The molecule has 0 aromatic heterocycles. The fourth-order valence-corrected chi connectivity index (χ4v) is 1.90. The standard InChI is InChI=1S/C12H15NO.H2/c1-9(14)12-7-10-5-3-2-4-6-11(10)8-13-12;/h3-6,12-13H,2,7-8H2,1H3;1H. The molecule has 2 heteroatoms. The van der Waals surface area contributed by atoms with Gasteiger partial charge < -0.3 is 5.32 Å². The third-order valence-corrected chi connectivity index (χ3v) is 2.78. The summed E-state index contributed by atoms with van der Waals surface area (Å²) in [6, 6.07) is 0.0184. The van der Waals surface area contributed by atoms with Crippen LogP contribution in [0.1, 0.15) is 21.2 Å². The van der Waals surface area contributed by atoms with Crippen LogP contribution in [0.3, 0.4) is 0 Å². The van der Waals surface area contributed by atoms with Crippen LogP contribution in [0.4, 0.5) is 0 Å². The van der Waals surface area contributed by atoms with Gasteiger partial charge in [-0.15, -0.1) is 0 Å². The molecule has 2 aliphatic rings. The molecule has 0 saturated carbocycles. The quantitative estimate of drug-likeness (QED) is 0.686. The molecule has 0 radical (unpaired) electrons. The summed E-state index contributed by atoms with van der Waals surface area (Å²) < 4.78 is 0. The third-order valence-electron chi connectivity index (χ3n) is 2.78. The maximum Gasteiger partial charge on any atom is 0.147 e. The van der Waals surface area contributed by atoms with Crippen molar-refractivity contribution in [2.75, 3.05) is 6.54 Å². The molecule has 1 aliphatic carbocycles. The first-order chi connectivity index (χ1) is 6.77. The van der Waals surface area contributed by atoms with Crippen molar-refractivity contribution in [2.45, 2.75) is 25.8 Å². The number of hydrogen-bond donors (Lipinski definition) is 1. The van der Waals surface area contributed by atoms with E-state index in [2.05, 4.69) is 29.6 Å². The van der Waals surface area contributed by atoms with Gasteiger partial charge in [-0.1, -0.05) is 24.3 Å². The fourth-order valence-electron chi connectivity index (χ4n) is 1.90. The number of nitrogens with one attached hydrogen (secondary N) is 1. The zero-order chi connectivity index (χ0) is 9.97. The van der Waals surface area contributed by atoms with Crippen LogP contribution in [0.15, 0.2) is 35.5 Å². The molecule has 0 bridgehead atoms. The molecular weight excluding hydrogens is 174 g/mol. The lowest BCUT2D eigenvalue weighted by Gasteiger charge is -2.24. The van der Waals surface area contributed by atoms with Crippen molar-refractivity contribution < 1.29 is 6.22 Å². The second-order valence-corrected chi connectivity index (χ2v) is 3.84. The van der Waals surface area contributed by atoms with Crippen LogP contribution in [0.5, 0.6) is 0 Å². The Morgan fingerprint density at radius 1 is 1.43 bits per heavy atom. The lowest BCUT2D eigenvalue weighted by Crippen LogP contribution is -2.40. The lowest BCUT2D eigenvalue weighted by molar-refractivity contribution is -0.119. The Labute approximate surface area is 85.9 Å². The average molecular weight is 191 g/mol. The van der Waals surface area contributed by atoms with Crippen molar-refractivity contribution in [3.05, 3.63) is 35.5 Å². The third kappa shape index (κ3) is 1.85. The predicted molar refractivity (Wildman–Crippen MR) is 59.1 cm³/mol. The van der Waals surface area contributed by atoms with Gasteiger partial charge >= 0.3 is 0 Å². The summed E-state index contributed by atoms with van der Waals surface area (Å²) in [7, 11) is 0. The van der Waals surface area contributed by atoms with E-state index < -0.39 is 0 Å². The van der Waals surface area contributed by atoms with Crippen LogP contribution in [-0.4, -0.2) is 18.4 Å². The van der Waals surface area contributed by atoms with E-state index in [1.807, 2.05) is 0 Å². The van der Waals surface area contributed by atoms with Crippen molar-refractivity contribution in [3.63, 3.8) is 0 Å². The topological polar surface area (TPSA) is 29.1 Å². The van der Waals surface area contributed by atoms with Gasteiger partial charge in [0.15, 0.2) is 0 Å². The lowest BCUT2D eigenvalue weighted by atomic mass is 9.94. The first-order valence-electron chi connectivity index (χ1n) is 5.06. The minimum atomic E-state index is 0. The Morgan fingerprint density at radius 3 is 2.86 bits per heavy atom. The van der Waals surface area contributed by atoms with Gasteiger partial charge in [0.1, 0.15) is 5.78 Å². The molecule has 1 aliphatic heterocycles. The van der Waals surface area contributed by atoms with E-state index in [0.717, 1.165) is 19.4 Å². The average Bonchev–Trinajstić information content (AvgIpc) is 2.41. The summed E-state index contributed by atoms with van der Waals surface area (Å²) in [5, 5.41) is 3.25. The summed E-state index contributed by atoms with van der Waals surface area (Å²) in [5.41, 5.74) is 2.65. The number of ketones is 1. The number of rotatable bonds is 1. The van der Waals surface area contributed by atoms with Crippen LogP contribution < -0.4 is 5.32 Å². The summed E-state index contributed by atoms with van der Waals surface area (Å²) in [6.07, 6.45) is 10.5. The van der Waals surface area contributed by atoms with E-state index in [4.69, 9.17) is 0 Å². The molecule has 0 spiro atoms. The van der Waals surface area contributed by atoms with Crippen molar-refractivity contribution in [3.8, 4) is 0 Å². The molecule has 1 N–H and O–H groups in total. The molecule has 2 rings (SSSR count). The van der Waals surface area contributed by atoms with Crippen LogP contribution in [0, 0.1) is 0 Å². The molecule has 1 heterocycles. The Morgan fingerprint density at radius 2 is 2.14 bits per heavy atom. The van der Waals surface area contributed by atoms with Gasteiger partial charge in [-0.25, -0.2) is 0 Å². The van der Waals surface area contributed by atoms with Gasteiger partial charge in [-0.05, 0) is 30.9 Å². The molecule has 0 amide bonds. The SMILES string of the molecule is CC(=O)C1CC2=C(C=CCC=C2)CN1.[HH]. The highest BCUT2D eigenvalue weighted by Crippen LogP contribution is 2.21. The van der Waals surface area contributed by atoms with Gasteiger partial charge in [0.25, 0.3) is 0 Å². The van der Waals surface area contributed by atoms with E-state index in [9.17, 15) is 4.79 Å². The molecule has 76 valence electrons. The van der Waals surface area contributed by atoms with Crippen molar-refractivity contribution in [1.82, 2.24) is 5.32 Å². The molecule has 0 saturated heterocycles. The van der Waals surface area contributed by atoms with Crippen molar-refractivity contribution in [1.29, 1.82) is 0 Å². The molecule has 2 nitrogen and oxygen atoms in total. The molecule has 0 fully saturated rings. The highest BCUT2D eigenvalue weighted by molar-refractivity contribution is 5.82. The van der Waals surface area contributed by atoms with E-state index in [0.29, 0.717) is 0 Å². The maximum absolute atomic E-state index is 11.2. The summed E-state index contributed by atoms with van der Waals surface area (Å²) in [5.74, 6) is 0.234. The summed E-state index contributed by atoms with van der Waals surface area (Å²) in [6.45, 7) is 2.47. The summed E-state index contributed by atoms with van der Waals surface area (Å²) >= 11 is 0. The highest BCUT2D eigenvalue weighted by Gasteiger charge is 2.21. The number of hydrogen-bond acceptors (Lipinski definition) is 2. The van der Waals surface area contributed by atoms with E-state index in [1.54, 1.807) is 6.92 Å². The first-order valence-corrected chi connectivity index (χ1v) is 5.06. The second kappa shape index (κ2) is 3.93. The zero-order valence-electron chi connectivity index (χ0n) is 8.42. The van der Waals surface area contributed by atoms with Gasteiger partial charge in [0, 0.05) is 7.97 Å². The molecule has 1 unspecified atom stereocenters.